The van der Waals surface area contributed by atoms with Crippen LogP contribution in [0.5, 0.6) is 0 Å². The van der Waals surface area contributed by atoms with Crippen LogP contribution >= 0.6 is 15.9 Å². The molecule has 1 aliphatic rings. The van der Waals surface area contributed by atoms with Gasteiger partial charge in [0.15, 0.2) is 0 Å². The third kappa shape index (κ3) is 1.86. The molecule has 1 aromatic heterocycles. The Kier molecular flexibility index (Phi) is 3.23. The van der Waals surface area contributed by atoms with Crippen LogP contribution in [0.3, 0.4) is 0 Å². The van der Waals surface area contributed by atoms with E-state index in [1.807, 2.05) is 10.9 Å². The predicted molar refractivity (Wildman–Crippen MR) is 58.5 cm³/mol. The fourth-order valence-corrected chi connectivity index (χ4v) is 2.52. The SMILES string of the molecule is CCn1cc(C2OCCC2CBr)cn1. The van der Waals surface area contributed by atoms with Crippen LogP contribution in [0.25, 0.3) is 0 Å². The maximum absolute atomic E-state index is 5.72. The molecule has 2 rings (SSSR count). The molecule has 1 aliphatic heterocycles. The first-order valence-electron chi connectivity index (χ1n) is 5.05. The zero-order valence-electron chi connectivity index (χ0n) is 8.32. The summed E-state index contributed by atoms with van der Waals surface area (Å²) < 4.78 is 7.66. The fraction of sp³-hybridized carbons (Fsp3) is 0.700. The molecule has 0 spiro atoms. The molecule has 2 atom stereocenters. The van der Waals surface area contributed by atoms with Gasteiger partial charge < -0.3 is 4.74 Å². The van der Waals surface area contributed by atoms with Crippen molar-refractivity contribution >= 4 is 15.9 Å². The minimum absolute atomic E-state index is 0.245. The third-order valence-electron chi connectivity index (χ3n) is 2.72. The second kappa shape index (κ2) is 4.45. The highest BCUT2D eigenvalue weighted by atomic mass is 79.9. The average molecular weight is 259 g/mol. The van der Waals surface area contributed by atoms with Crippen molar-refractivity contribution in [2.45, 2.75) is 26.0 Å². The van der Waals surface area contributed by atoms with Crippen molar-refractivity contribution in [3.63, 3.8) is 0 Å². The second-order valence-corrected chi connectivity index (χ2v) is 4.27. The van der Waals surface area contributed by atoms with Gasteiger partial charge in [-0.25, -0.2) is 0 Å². The molecule has 4 heteroatoms. The largest absolute Gasteiger partial charge is 0.373 e. The number of alkyl halides is 1. The van der Waals surface area contributed by atoms with Crippen LogP contribution in [0.1, 0.15) is 25.0 Å². The van der Waals surface area contributed by atoms with Crippen molar-refractivity contribution in [1.29, 1.82) is 0 Å². The molecule has 14 heavy (non-hydrogen) atoms. The Labute approximate surface area is 92.6 Å². The van der Waals surface area contributed by atoms with E-state index in [0.717, 1.165) is 24.9 Å². The monoisotopic (exact) mass is 258 g/mol. The summed E-state index contributed by atoms with van der Waals surface area (Å²) in [5.74, 6) is 0.601. The number of ether oxygens (including phenoxy) is 1. The van der Waals surface area contributed by atoms with Crippen LogP contribution in [-0.4, -0.2) is 21.7 Å². The Balaban J connectivity index is 2.13. The maximum atomic E-state index is 5.72. The molecular formula is C10H15BrN2O. The van der Waals surface area contributed by atoms with Crippen LogP contribution in [0, 0.1) is 5.92 Å². The summed E-state index contributed by atoms with van der Waals surface area (Å²) in [4.78, 5) is 0. The molecule has 0 aliphatic carbocycles. The smallest absolute Gasteiger partial charge is 0.0892 e. The van der Waals surface area contributed by atoms with E-state index >= 15 is 0 Å². The van der Waals surface area contributed by atoms with Crippen molar-refractivity contribution in [2.75, 3.05) is 11.9 Å². The Hall–Kier alpha value is -0.350. The molecule has 3 nitrogen and oxygen atoms in total. The molecule has 1 saturated heterocycles. The van der Waals surface area contributed by atoms with E-state index in [0.29, 0.717) is 5.92 Å². The van der Waals surface area contributed by atoms with Crippen molar-refractivity contribution in [1.82, 2.24) is 9.78 Å². The lowest BCUT2D eigenvalue weighted by Gasteiger charge is -2.13. The van der Waals surface area contributed by atoms with Crippen molar-refractivity contribution in [3.05, 3.63) is 18.0 Å². The van der Waals surface area contributed by atoms with Gasteiger partial charge >= 0.3 is 0 Å². The topological polar surface area (TPSA) is 27.1 Å². The first kappa shape index (κ1) is 10.2. The number of halogens is 1. The standard InChI is InChI=1S/C10H15BrN2O/c1-2-13-7-9(6-12-13)10-8(5-11)3-4-14-10/h6-8,10H,2-5H2,1H3. The summed E-state index contributed by atoms with van der Waals surface area (Å²) in [5, 5.41) is 5.28. The number of nitrogens with zero attached hydrogens (tertiary/aromatic N) is 2. The number of hydrogen-bond donors (Lipinski definition) is 0. The lowest BCUT2D eigenvalue weighted by atomic mass is 10.00. The van der Waals surface area contributed by atoms with Gasteiger partial charge in [0.1, 0.15) is 0 Å². The van der Waals surface area contributed by atoms with Crippen LogP contribution in [0.2, 0.25) is 0 Å². The minimum Gasteiger partial charge on any atom is -0.373 e. The highest BCUT2D eigenvalue weighted by Gasteiger charge is 2.29. The molecule has 0 amide bonds. The number of hydrogen-bond acceptors (Lipinski definition) is 2. The van der Waals surface area contributed by atoms with E-state index in [4.69, 9.17) is 4.74 Å². The molecule has 2 heterocycles. The molecule has 1 fully saturated rings. The zero-order chi connectivity index (χ0) is 9.97. The molecule has 0 saturated carbocycles. The van der Waals surface area contributed by atoms with Gasteiger partial charge in [0.05, 0.1) is 12.3 Å². The number of aromatic nitrogens is 2. The molecule has 0 bridgehead atoms. The first-order valence-corrected chi connectivity index (χ1v) is 6.17. The zero-order valence-corrected chi connectivity index (χ0v) is 9.90. The summed E-state index contributed by atoms with van der Waals surface area (Å²) in [5.41, 5.74) is 1.22. The molecule has 1 aromatic rings. The minimum atomic E-state index is 0.245. The molecule has 0 aromatic carbocycles. The second-order valence-electron chi connectivity index (χ2n) is 3.62. The van der Waals surface area contributed by atoms with E-state index in [1.165, 1.54) is 5.56 Å². The summed E-state index contributed by atoms with van der Waals surface area (Å²) in [7, 11) is 0. The van der Waals surface area contributed by atoms with Gasteiger partial charge in [-0.1, -0.05) is 15.9 Å². The molecule has 78 valence electrons. The van der Waals surface area contributed by atoms with E-state index in [2.05, 4.69) is 34.1 Å². The Morgan fingerprint density at radius 2 is 2.57 bits per heavy atom. The normalized spacial score (nSPS) is 27.0. The van der Waals surface area contributed by atoms with Gasteiger partial charge in [-0.3, -0.25) is 4.68 Å². The molecule has 2 unspecified atom stereocenters. The predicted octanol–water partition coefficient (Wildman–Crippen LogP) is 2.38. The van der Waals surface area contributed by atoms with Gasteiger partial charge in [0, 0.05) is 36.2 Å². The third-order valence-corrected chi connectivity index (χ3v) is 3.55. The Morgan fingerprint density at radius 1 is 1.71 bits per heavy atom. The van der Waals surface area contributed by atoms with Gasteiger partial charge in [-0.15, -0.1) is 0 Å². The lowest BCUT2D eigenvalue weighted by Crippen LogP contribution is -2.07. The Morgan fingerprint density at radius 3 is 3.21 bits per heavy atom. The molecule has 0 radical (unpaired) electrons. The van der Waals surface area contributed by atoms with Crippen LogP contribution in [0.4, 0.5) is 0 Å². The van der Waals surface area contributed by atoms with E-state index < -0.39 is 0 Å². The first-order chi connectivity index (χ1) is 6.85. The quantitative estimate of drug-likeness (QED) is 0.779. The number of aryl methyl sites for hydroxylation is 1. The average Bonchev–Trinajstić information content (AvgIpc) is 2.85. The summed E-state index contributed by atoms with van der Waals surface area (Å²) in [6.45, 7) is 3.89. The summed E-state index contributed by atoms with van der Waals surface area (Å²) in [6.07, 6.45) is 5.41. The molecular weight excluding hydrogens is 244 g/mol. The van der Waals surface area contributed by atoms with E-state index in [9.17, 15) is 0 Å². The highest BCUT2D eigenvalue weighted by molar-refractivity contribution is 9.09. The summed E-state index contributed by atoms with van der Waals surface area (Å²) >= 11 is 3.53. The van der Waals surface area contributed by atoms with E-state index in [-0.39, 0.29) is 6.10 Å². The van der Waals surface area contributed by atoms with Crippen molar-refractivity contribution in [2.24, 2.45) is 5.92 Å². The van der Waals surface area contributed by atoms with Crippen LogP contribution in [-0.2, 0) is 11.3 Å². The lowest BCUT2D eigenvalue weighted by molar-refractivity contribution is 0.0955. The number of rotatable bonds is 3. The van der Waals surface area contributed by atoms with Gasteiger partial charge in [0.25, 0.3) is 0 Å². The van der Waals surface area contributed by atoms with Crippen molar-refractivity contribution in [3.8, 4) is 0 Å². The van der Waals surface area contributed by atoms with Crippen molar-refractivity contribution < 1.29 is 4.74 Å². The fourth-order valence-electron chi connectivity index (χ4n) is 1.86. The van der Waals surface area contributed by atoms with Gasteiger partial charge in [-0.2, -0.15) is 5.10 Å². The van der Waals surface area contributed by atoms with E-state index in [1.54, 1.807) is 0 Å². The van der Waals surface area contributed by atoms with Crippen LogP contribution < -0.4 is 0 Å². The highest BCUT2D eigenvalue weighted by Crippen LogP contribution is 2.35. The summed E-state index contributed by atoms with van der Waals surface area (Å²) in [6, 6.07) is 0. The Bertz CT molecular complexity index is 300. The van der Waals surface area contributed by atoms with Gasteiger partial charge in [0.2, 0.25) is 0 Å². The maximum Gasteiger partial charge on any atom is 0.0892 e. The van der Waals surface area contributed by atoms with Gasteiger partial charge in [-0.05, 0) is 13.3 Å². The van der Waals surface area contributed by atoms with Crippen LogP contribution in [0.15, 0.2) is 12.4 Å². The molecule has 0 N–H and O–H groups in total.